The Labute approximate surface area is 347 Å². The molecule has 18 heteroatoms. The first-order valence-corrected chi connectivity index (χ1v) is 20.2. The van der Waals surface area contributed by atoms with Crippen molar-refractivity contribution in [2.45, 2.75) is 108 Å². The Balaban J connectivity index is 1.51. The van der Waals surface area contributed by atoms with Gasteiger partial charge in [-0.05, 0) is 43.2 Å². The molecule has 2 aromatic carbocycles. The summed E-state index contributed by atoms with van der Waals surface area (Å²) in [6, 6.07) is 12.1. The molecule has 2 fully saturated rings. The van der Waals surface area contributed by atoms with Crippen molar-refractivity contribution >= 4 is 53.2 Å². The second-order valence-corrected chi connectivity index (χ2v) is 15.1. The molecule has 3 unspecified atom stereocenters. The molecule has 60 heavy (non-hydrogen) atoms. The number of ketones is 1. The molecule has 0 radical (unpaired) electrons. The van der Waals surface area contributed by atoms with Gasteiger partial charge in [-0.25, -0.2) is 0 Å². The van der Waals surface area contributed by atoms with Crippen molar-refractivity contribution in [2.24, 2.45) is 17.6 Å². The van der Waals surface area contributed by atoms with Crippen LogP contribution >= 0.6 is 0 Å². The predicted molar refractivity (Wildman–Crippen MR) is 213 cm³/mol. The molecular weight excluding hydrogens is 780 g/mol. The standard InChI is InChI=1S/C42H54N6O12/c1-2-12-30(36(52)40(56)44-22-33(49)47-35(37(43)53)26-15-7-4-8-16-26)45-39(55)32-21-27(60-24-25-13-5-3-6-14-25)23-48(32)41(57)31(19-11-20-34(50)51)46-38(54)28-17-9-10-18-29(28)42(58)59/h3-8,13-16,27-32,35H,2,9-12,17-24H2,1H3,(H2,43,53)(H,44,56)(H,45,55)(H,46,54)(H,47,49)(H,50,51)(H,58,59)/t27-,28?,29?,30?,31+,32+,35+/m1/s1. The van der Waals surface area contributed by atoms with Crippen molar-refractivity contribution in [3.8, 4) is 0 Å². The molecule has 1 aliphatic carbocycles. The molecular formula is C42H54N6O12. The summed E-state index contributed by atoms with van der Waals surface area (Å²) < 4.78 is 6.12. The third-order valence-corrected chi connectivity index (χ3v) is 10.7. The van der Waals surface area contributed by atoms with Gasteiger partial charge in [0.25, 0.3) is 5.91 Å². The SMILES string of the molecule is CCCC(NC(=O)[C@@H]1C[C@@H](OCc2ccccc2)CN1C(=O)[C@H](CCCC(=O)O)NC(=O)C1CCCCC1C(=O)O)C(=O)C(=O)NCC(=O)N[C@H](C(N)=O)c1ccccc1. The Morgan fingerprint density at radius 3 is 2.07 bits per heavy atom. The van der Waals surface area contributed by atoms with Gasteiger partial charge in [-0.2, -0.15) is 0 Å². The van der Waals surface area contributed by atoms with Crippen LogP contribution in [0, 0.1) is 11.8 Å². The van der Waals surface area contributed by atoms with Crippen molar-refractivity contribution in [3.05, 3.63) is 71.8 Å². The van der Waals surface area contributed by atoms with Crippen LogP contribution in [0.4, 0.5) is 0 Å². The number of carboxylic acids is 2. The van der Waals surface area contributed by atoms with Gasteiger partial charge < -0.3 is 46.9 Å². The van der Waals surface area contributed by atoms with Crippen LogP contribution in [0.15, 0.2) is 60.7 Å². The van der Waals surface area contributed by atoms with Crippen LogP contribution in [0.5, 0.6) is 0 Å². The number of likely N-dealkylation sites (tertiary alicyclic amines) is 1. The quantitative estimate of drug-likeness (QED) is 0.0822. The van der Waals surface area contributed by atoms with Gasteiger partial charge in [0, 0.05) is 19.4 Å². The zero-order valence-corrected chi connectivity index (χ0v) is 33.5. The number of hydrogen-bond donors (Lipinski definition) is 7. The van der Waals surface area contributed by atoms with Crippen molar-refractivity contribution in [3.63, 3.8) is 0 Å². The van der Waals surface area contributed by atoms with E-state index in [1.807, 2.05) is 30.3 Å². The average Bonchev–Trinajstić information content (AvgIpc) is 3.68. The molecule has 0 aromatic heterocycles. The lowest BCUT2D eigenvalue weighted by atomic mass is 9.78. The van der Waals surface area contributed by atoms with Crippen LogP contribution in [0.2, 0.25) is 0 Å². The van der Waals surface area contributed by atoms with E-state index in [0.29, 0.717) is 24.8 Å². The highest BCUT2D eigenvalue weighted by molar-refractivity contribution is 6.38. The number of aliphatic carboxylic acids is 2. The van der Waals surface area contributed by atoms with Gasteiger partial charge in [0.1, 0.15) is 18.1 Å². The van der Waals surface area contributed by atoms with Gasteiger partial charge in [0.05, 0.1) is 37.1 Å². The molecule has 8 N–H and O–H groups in total. The maximum Gasteiger partial charge on any atom is 0.307 e. The van der Waals surface area contributed by atoms with E-state index in [-0.39, 0.29) is 58.1 Å². The third kappa shape index (κ3) is 13.4. The van der Waals surface area contributed by atoms with Crippen molar-refractivity contribution in [1.29, 1.82) is 0 Å². The number of rotatable bonds is 22. The summed E-state index contributed by atoms with van der Waals surface area (Å²) in [5, 5.41) is 29.0. The topological polar surface area (TPSA) is 281 Å². The lowest BCUT2D eigenvalue weighted by Crippen LogP contribution is -2.57. The lowest BCUT2D eigenvalue weighted by Gasteiger charge is -2.32. The number of Topliss-reactive ketones (excluding diaryl/α,β-unsaturated/α-hetero) is 1. The second-order valence-electron chi connectivity index (χ2n) is 15.1. The highest BCUT2D eigenvalue weighted by Gasteiger charge is 2.45. The molecule has 6 amide bonds. The minimum Gasteiger partial charge on any atom is -0.481 e. The largest absolute Gasteiger partial charge is 0.481 e. The van der Waals surface area contributed by atoms with Crippen LogP contribution in [0.25, 0.3) is 0 Å². The summed E-state index contributed by atoms with van der Waals surface area (Å²) in [4.78, 5) is 118. The summed E-state index contributed by atoms with van der Waals surface area (Å²) in [6.07, 6.45) is 0.959. The molecule has 0 spiro atoms. The summed E-state index contributed by atoms with van der Waals surface area (Å²) in [7, 11) is 0. The number of nitrogens with two attached hydrogens (primary N) is 1. The van der Waals surface area contributed by atoms with Crippen molar-refractivity contribution < 1.29 is 58.1 Å². The number of ether oxygens (including phenoxy) is 1. The van der Waals surface area contributed by atoms with E-state index >= 15 is 0 Å². The van der Waals surface area contributed by atoms with Crippen LogP contribution in [-0.4, -0.2) is 106 Å². The molecule has 1 aliphatic heterocycles. The van der Waals surface area contributed by atoms with Crippen molar-refractivity contribution in [2.75, 3.05) is 13.1 Å². The number of primary amides is 1. The van der Waals surface area contributed by atoms with E-state index in [2.05, 4.69) is 21.3 Å². The van der Waals surface area contributed by atoms with Gasteiger partial charge in [-0.15, -0.1) is 0 Å². The Morgan fingerprint density at radius 2 is 1.45 bits per heavy atom. The first-order chi connectivity index (χ1) is 28.7. The van der Waals surface area contributed by atoms with Crippen LogP contribution in [0.3, 0.4) is 0 Å². The number of carboxylic acid groups (broad SMARTS) is 2. The van der Waals surface area contributed by atoms with Crippen molar-refractivity contribution in [1.82, 2.24) is 26.2 Å². The van der Waals surface area contributed by atoms with E-state index in [1.54, 1.807) is 37.3 Å². The summed E-state index contributed by atoms with van der Waals surface area (Å²) in [6.45, 7) is 1.04. The van der Waals surface area contributed by atoms with Gasteiger partial charge in [-0.3, -0.25) is 43.2 Å². The summed E-state index contributed by atoms with van der Waals surface area (Å²) >= 11 is 0. The third-order valence-electron chi connectivity index (χ3n) is 10.7. The van der Waals surface area contributed by atoms with Crippen LogP contribution in [0.1, 0.15) is 88.3 Å². The van der Waals surface area contributed by atoms with E-state index in [1.165, 1.54) is 4.90 Å². The molecule has 1 heterocycles. The molecule has 0 bridgehead atoms. The van der Waals surface area contributed by atoms with E-state index < -0.39 is 102 Å². The van der Waals surface area contributed by atoms with Gasteiger partial charge in [0.15, 0.2) is 0 Å². The molecule has 2 aliphatic rings. The number of benzene rings is 2. The van der Waals surface area contributed by atoms with Gasteiger partial charge >= 0.3 is 11.9 Å². The van der Waals surface area contributed by atoms with E-state index in [0.717, 1.165) is 5.56 Å². The predicted octanol–water partition coefficient (Wildman–Crippen LogP) is 1.12. The van der Waals surface area contributed by atoms with E-state index in [4.69, 9.17) is 10.5 Å². The number of nitrogens with one attached hydrogen (secondary N) is 4. The average molecular weight is 835 g/mol. The molecule has 18 nitrogen and oxygen atoms in total. The molecule has 1 saturated carbocycles. The molecule has 2 aromatic rings. The maximum atomic E-state index is 14.4. The van der Waals surface area contributed by atoms with E-state index in [9.17, 15) is 53.4 Å². The number of carbonyl (C=O) groups is 9. The Hall–Kier alpha value is -6.17. The monoisotopic (exact) mass is 834 g/mol. The van der Waals surface area contributed by atoms with Gasteiger partial charge in [-0.1, -0.05) is 86.8 Å². The normalized spacial score (nSPS) is 20.1. The Kier molecular flexibility index (Phi) is 17.7. The zero-order valence-electron chi connectivity index (χ0n) is 33.5. The maximum absolute atomic E-state index is 14.4. The van der Waals surface area contributed by atoms with Crippen LogP contribution in [-0.2, 0) is 54.5 Å². The highest BCUT2D eigenvalue weighted by Crippen LogP contribution is 2.31. The number of amides is 6. The minimum atomic E-state index is -1.38. The first kappa shape index (κ1) is 46.5. The number of carbonyl (C=O) groups excluding carboxylic acids is 7. The zero-order chi connectivity index (χ0) is 43.8. The minimum absolute atomic E-state index is 0.0105. The van der Waals surface area contributed by atoms with Gasteiger partial charge in [0.2, 0.25) is 35.3 Å². The fourth-order valence-electron chi connectivity index (χ4n) is 7.54. The molecule has 324 valence electrons. The second kappa shape index (κ2) is 22.8. The fraction of sp³-hybridized carbons (Fsp3) is 0.500. The van der Waals surface area contributed by atoms with Crippen LogP contribution < -0.4 is 27.0 Å². The molecule has 7 atom stereocenters. The summed E-state index contributed by atoms with van der Waals surface area (Å²) in [5.74, 6) is -10.2. The molecule has 4 rings (SSSR count). The number of nitrogens with zero attached hydrogens (tertiary/aromatic N) is 1. The number of hydrogen-bond acceptors (Lipinski definition) is 10. The Bertz CT molecular complexity index is 1860. The Morgan fingerprint density at radius 1 is 0.817 bits per heavy atom. The summed E-state index contributed by atoms with van der Waals surface area (Å²) in [5.41, 5.74) is 6.69. The smallest absolute Gasteiger partial charge is 0.307 e. The first-order valence-electron chi connectivity index (χ1n) is 20.2. The highest BCUT2D eigenvalue weighted by atomic mass is 16.5. The fourth-order valence-corrected chi connectivity index (χ4v) is 7.54. The lowest BCUT2D eigenvalue weighted by molar-refractivity contribution is -0.150. The molecule has 1 saturated heterocycles.